The van der Waals surface area contributed by atoms with Crippen molar-refractivity contribution in [1.82, 2.24) is 19.5 Å². The minimum absolute atomic E-state index is 0.0846. The van der Waals surface area contributed by atoms with Crippen LogP contribution < -0.4 is 5.32 Å². The van der Waals surface area contributed by atoms with E-state index < -0.39 is 4.92 Å². The Hall–Kier alpha value is -2.51. The fraction of sp³-hybridized carbons (Fsp3) is 0.562. The summed E-state index contributed by atoms with van der Waals surface area (Å²) in [5.41, 5.74) is 0.267. The van der Waals surface area contributed by atoms with E-state index in [1.54, 1.807) is 30.8 Å². The molecule has 2 atom stereocenters. The molecule has 0 aromatic carbocycles. The third-order valence-corrected chi connectivity index (χ3v) is 4.55. The molecule has 0 spiro atoms. The second kappa shape index (κ2) is 6.54. The molecule has 1 saturated carbocycles. The number of imidazole rings is 1. The van der Waals surface area contributed by atoms with Crippen molar-refractivity contribution in [2.75, 3.05) is 5.32 Å². The predicted molar refractivity (Wildman–Crippen MR) is 90.3 cm³/mol. The van der Waals surface area contributed by atoms with Crippen LogP contribution in [0.4, 0.5) is 11.6 Å². The molecule has 0 saturated heterocycles. The van der Waals surface area contributed by atoms with E-state index in [1.807, 2.05) is 0 Å². The normalized spacial score (nSPS) is 20.8. The predicted octanol–water partition coefficient (Wildman–Crippen LogP) is 3.18. The molecule has 2 aromatic heterocycles. The van der Waals surface area contributed by atoms with E-state index in [-0.39, 0.29) is 11.5 Å². The first kappa shape index (κ1) is 16.4. The van der Waals surface area contributed by atoms with Gasteiger partial charge in [0.15, 0.2) is 0 Å². The number of hydrogen-bond donors (Lipinski definition) is 1. The van der Waals surface area contributed by atoms with Crippen LogP contribution in [0.3, 0.4) is 0 Å². The van der Waals surface area contributed by atoms with Crippen molar-refractivity contribution < 1.29 is 4.92 Å². The van der Waals surface area contributed by atoms with E-state index in [0.717, 1.165) is 12.8 Å². The van der Waals surface area contributed by atoms with Gasteiger partial charge >= 0.3 is 5.69 Å². The monoisotopic (exact) mass is 330 g/mol. The minimum atomic E-state index is -0.434. The first-order valence-corrected chi connectivity index (χ1v) is 8.25. The van der Waals surface area contributed by atoms with Crippen LogP contribution in [-0.2, 0) is 0 Å². The van der Waals surface area contributed by atoms with Crippen LogP contribution >= 0.6 is 0 Å². The van der Waals surface area contributed by atoms with Gasteiger partial charge in [0.2, 0.25) is 11.8 Å². The molecule has 0 bridgehead atoms. The smallest absolute Gasteiger partial charge is 0.333 e. The van der Waals surface area contributed by atoms with Gasteiger partial charge in [-0.1, -0.05) is 19.8 Å². The second-order valence-corrected chi connectivity index (χ2v) is 6.52. The Labute approximate surface area is 140 Å². The first-order chi connectivity index (χ1) is 11.5. The van der Waals surface area contributed by atoms with E-state index in [2.05, 4.69) is 27.2 Å². The number of nitrogens with one attached hydrogen (secondary N) is 1. The van der Waals surface area contributed by atoms with Crippen LogP contribution in [0.2, 0.25) is 0 Å². The molecule has 1 aliphatic rings. The quantitative estimate of drug-likeness (QED) is 0.683. The lowest BCUT2D eigenvalue weighted by atomic mass is 9.87. The summed E-state index contributed by atoms with van der Waals surface area (Å²) in [5, 5.41) is 14.8. The number of nitrogens with zero attached hydrogens (tertiary/aromatic N) is 5. The zero-order chi connectivity index (χ0) is 17.3. The molecule has 8 heteroatoms. The summed E-state index contributed by atoms with van der Waals surface area (Å²) in [6.45, 7) is 5.68. The van der Waals surface area contributed by atoms with Crippen LogP contribution in [0.5, 0.6) is 0 Å². The molecule has 0 radical (unpaired) electrons. The van der Waals surface area contributed by atoms with Crippen molar-refractivity contribution in [2.45, 2.75) is 52.5 Å². The average Bonchev–Trinajstić information content (AvgIpc) is 2.92. The summed E-state index contributed by atoms with van der Waals surface area (Å²) in [6, 6.07) is 0.311. The fourth-order valence-corrected chi connectivity index (χ4v) is 3.35. The third kappa shape index (κ3) is 3.22. The highest BCUT2D eigenvalue weighted by Gasteiger charge is 2.26. The van der Waals surface area contributed by atoms with Crippen LogP contribution in [0.25, 0.3) is 5.82 Å². The Kier molecular flexibility index (Phi) is 4.46. The molecule has 128 valence electrons. The van der Waals surface area contributed by atoms with E-state index in [9.17, 15) is 10.1 Å². The maximum atomic E-state index is 11.5. The zero-order valence-electron chi connectivity index (χ0n) is 14.2. The standard InChI is InChI=1S/C16H22N6O2/c1-10-5-4-6-13(9-10)19-16-18-11(2)14(22(23)24)15(20-16)21-8-7-17-12(21)3/h7-8,10,13H,4-6,9H2,1-3H3,(H,18,19,20)/t10-,13?/m1/s1. The van der Waals surface area contributed by atoms with Gasteiger partial charge in [-0.25, -0.2) is 9.97 Å². The number of nitro groups is 1. The average molecular weight is 330 g/mol. The summed E-state index contributed by atoms with van der Waals surface area (Å²) < 4.78 is 1.63. The lowest BCUT2D eigenvalue weighted by Gasteiger charge is -2.27. The highest BCUT2D eigenvalue weighted by atomic mass is 16.6. The molecule has 1 unspecified atom stereocenters. The van der Waals surface area contributed by atoms with Gasteiger partial charge in [0.05, 0.1) is 4.92 Å². The first-order valence-electron chi connectivity index (χ1n) is 8.25. The van der Waals surface area contributed by atoms with Crippen molar-refractivity contribution in [3.8, 4) is 5.82 Å². The number of hydrogen-bond acceptors (Lipinski definition) is 6. The lowest BCUT2D eigenvalue weighted by molar-refractivity contribution is -0.385. The van der Waals surface area contributed by atoms with E-state index in [0.29, 0.717) is 29.4 Å². The van der Waals surface area contributed by atoms with Gasteiger partial charge in [-0.15, -0.1) is 0 Å². The molecular weight excluding hydrogens is 308 g/mol. The molecule has 1 fully saturated rings. The van der Waals surface area contributed by atoms with Gasteiger partial charge in [0.25, 0.3) is 0 Å². The highest BCUT2D eigenvalue weighted by Crippen LogP contribution is 2.29. The fourth-order valence-electron chi connectivity index (χ4n) is 3.35. The number of aromatic nitrogens is 4. The van der Waals surface area contributed by atoms with E-state index >= 15 is 0 Å². The van der Waals surface area contributed by atoms with E-state index in [1.165, 1.54) is 12.8 Å². The molecule has 2 heterocycles. The topological polar surface area (TPSA) is 98.8 Å². The minimum Gasteiger partial charge on any atom is -0.351 e. The zero-order valence-corrected chi connectivity index (χ0v) is 14.2. The highest BCUT2D eigenvalue weighted by molar-refractivity contribution is 5.54. The van der Waals surface area contributed by atoms with Crippen LogP contribution in [0.15, 0.2) is 12.4 Å². The van der Waals surface area contributed by atoms with Gasteiger partial charge in [-0.05, 0) is 32.6 Å². The molecule has 24 heavy (non-hydrogen) atoms. The second-order valence-electron chi connectivity index (χ2n) is 6.52. The molecule has 0 amide bonds. The maximum Gasteiger partial charge on any atom is 0.333 e. The van der Waals surface area contributed by atoms with Crippen molar-refractivity contribution in [3.63, 3.8) is 0 Å². The van der Waals surface area contributed by atoms with Gasteiger partial charge in [0, 0.05) is 18.4 Å². The molecule has 3 rings (SSSR count). The summed E-state index contributed by atoms with van der Waals surface area (Å²) in [7, 11) is 0. The summed E-state index contributed by atoms with van der Waals surface area (Å²) in [4.78, 5) is 23.9. The summed E-state index contributed by atoms with van der Waals surface area (Å²) >= 11 is 0. The Morgan fingerprint density at radius 2 is 2.12 bits per heavy atom. The number of rotatable bonds is 4. The molecular formula is C16H22N6O2. The number of aryl methyl sites for hydroxylation is 2. The molecule has 1 aliphatic carbocycles. The Morgan fingerprint density at radius 3 is 2.75 bits per heavy atom. The van der Waals surface area contributed by atoms with Crippen molar-refractivity contribution in [2.24, 2.45) is 5.92 Å². The van der Waals surface area contributed by atoms with Crippen molar-refractivity contribution in [1.29, 1.82) is 0 Å². The molecule has 0 aliphatic heterocycles. The van der Waals surface area contributed by atoms with Crippen LogP contribution in [0, 0.1) is 29.9 Å². The Balaban J connectivity index is 1.99. The van der Waals surface area contributed by atoms with Gasteiger partial charge in [-0.3, -0.25) is 14.7 Å². The van der Waals surface area contributed by atoms with Crippen LogP contribution in [-0.4, -0.2) is 30.5 Å². The van der Waals surface area contributed by atoms with Crippen molar-refractivity contribution >= 4 is 11.6 Å². The van der Waals surface area contributed by atoms with Crippen LogP contribution in [0.1, 0.15) is 44.1 Å². The van der Waals surface area contributed by atoms with Gasteiger partial charge < -0.3 is 5.32 Å². The molecule has 8 nitrogen and oxygen atoms in total. The van der Waals surface area contributed by atoms with Crippen molar-refractivity contribution in [3.05, 3.63) is 34.0 Å². The lowest BCUT2D eigenvalue weighted by Crippen LogP contribution is -2.27. The number of anilines is 1. The van der Waals surface area contributed by atoms with E-state index in [4.69, 9.17) is 0 Å². The summed E-state index contributed by atoms with van der Waals surface area (Å²) in [5.74, 6) is 2.02. The third-order valence-electron chi connectivity index (χ3n) is 4.55. The molecule has 1 N–H and O–H groups in total. The Morgan fingerprint density at radius 1 is 1.33 bits per heavy atom. The molecule has 2 aromatic rings. The summed E-state index contributed by atoms with van der Waals surface area (Å²) in [6.07, 6.45) is 7.85. The maximum absolute atomic E-state index is 11.5. The largest absolute Gasteiger partial charge is 0.351 e. The Bertz CT molecular complexity index is 757. The van der Waals surface area contributed by atoms with Gasteiger partial charge in [-0.2, -0.15) is 4.98 Å². The van der Waals surface area contributed by atoms with Gasteiger partial charge in [0.1, 0.15) is 11.5 Å². The SMILES string of the molecule is Cc1nc(NC2CCC[C@@H](C)C2)nc(-n2ccnc2C)c1[N+](=O)[O-].